The quantitative estimate of drug-likeness (QED) is 0.761. The minimum Gasteiger partial charge on any atom is -0.353 e. The Morgan fingerprint density at radius 1 is 1.45 bits per heavy atom. The van der Waals surface area contributed by atoms with Gasteiger partial charge in [0.15, 0.2) is 0 Å². The highest BCUT2D eigenvalue weighted by Crippen LogP contribution is 2.18. The monoisotopic (exact) mass is 294 g/mol. The fraction of sp³-hybridized carbons (Fsp3) is 0.417. The number of carbonyl (C=O) groups is 1. The third-order valence-corrected chi connectivity index (χ3v) is 4.19. The summed E-state index contributed by atoms with van der Waals surface area (Å²) in [7, 11) is -3.70. The van der Waals surface area contributed by atoms with Crippen molar-refractivity contribution in [1.82, 2.24) is 15.0 Å². The average molecular weight is 294 g/mol. The summed E-state index contributed by atoms with van der Waals surface area (Å²) in [5.41, 5.74) is 0.146. The zero-order valence-corrected chi connectivity index (χ0v) is 11.5. The molecule has 0 radical (unpaired) electrons. The topological polar surface area (TPSA) is 112 Å². The van der Waals surface area contributed by atoms with Crippen LogP contribution in [0, 0.1) is 11.3 Å². The number of nitriles is 1. The summed E-state index contributed by atoms with van der Waals surface area (Å²) in [6.07, 6.45) is 3.20. The Morgan fingerprint density at radius 2 is 2.20 bits per heavy atom. The van der Waals surface area contributed by atoms with Gasteiger partial charge in [-0.15, -0.1) is 0 Å². The lowest BCUT2D eigenvalue weighted by molar-refractivity contribution is -0.121. The van der Waals surface area contributed by atoms with E-state index in [9.17, 15) is 13.2 Å². The number of hydrogen-bond donors (Lipinski definition) is 2. The second-order valence-corrected chi connectivity index (χ2v) is 6.25. The molecule has 1 amide bonds. The summed E-state index contributed by atoms with van der Waals surface area (Å²) >= 11 is 0. The van der Waals surface area contributed by atoms with Crippen LogP contribution in [0.5, 0.6) is 0 Å². The first-order valence-electron chi connectivity index (χ1n) is 6.16. The van der Waals surface area contributed by atoms with Crippen LogP contribution < -0.4 is 10.0 Å². The van der Waals surface area contributed by atoms with E-state index < -0.39 is 10.0 Å². The molecule has 1 aromatic rings. The molecular weight excluding hydrogens is 280 g/mol. The van der Waals surface area contributed by atoms with E-state index in [4.69, 9.17) is 5.26 Å². The first-order valence-corrected chi connectivity index (χ1v) is 7.65. The predicted octanol–water partition coefficient (Wildman–Crippen LogP) is -0.0997. The maximum Gasteiger partial charge on any atom is 0.242 e. The maximum absolute atomic E-state index is 11.9. The van der Waals surface area contributed by atoms with E-state index in [1.54, 1.807) is 0 Å². The molecule has 2 N–H and O–H groups in total. The molecule has 0 bridgehead atoms. The number of aromatic nitrogens is 1. The van der Waals surface area contributed by atoms with Gasteiger partial charge in [0.1, 0.15) is 16.7 Å². The highest BCUT2D eigenvalue weighted by molar-refractivity contribution is 7.89. The fourth-order valence-corrected chi connectivity index (χ4v) is 2.49. The van der Waals surface area contributed by atoms with Crippen molar-refractivity contribution < 1.29 is 13.2 Å². The minimum absolute atomic E-state index is 0.0286. The Balaban J connectivity index is 1.86. The number of nitrogens with zero attached hydrogens (tertiary/aromatic N) is 2. The van der Waals surface area contributed by atoms with Crippen LogP contribution in [0.1, 0.15) is 25.0 Å². The largest absolute Gasteiger partial charge is 0.353 e. The first kappa shape index (κ1) is 14.4. The summed E-state index contributed by atoms with van der Waals surface area (Å²) in [6.45, 7) is 0.0287. The van der Waals surface area contributed by atoms with Gasteiger partial charge in [-0.25, -0.2) is 18.1 Å². The van der Waals surface area contributed by atoms with Crippen molar-refractivity contribution in [2.45, 2.75) is 30.2 Å². The molecule has 1 heterocycles. The predicted molar refractivity (Wildman–Crippen MR) is 69.9 cm³/mol. The molecule has 20 heavy (non-hydrogen) atoms. The van der Waals surface area contributed by atoms with Gasteiger partial charge in [-0.1, -0.05) is 0 Å². The third-order valence-electron chi connectivity index (χ3n) is 2.75. The third kappa shape index (κ3) is 4.01. The molecule has 1 saturated carbocycles. The van der Waals surface area contributed by atoms with Crippen molar-refractivity contribution in [3.8, 4) is 6.07 Å². The zero-order chi connectivity index (χ0) is 14.6. The lowest BCUT2D eigenvalue weighted by atomic mass is 10.4. The van der Waals surface area contributed by atoms with Crippen LogP contribution in [0.4, 0.5) is 0 Å². The fourth-order valence-electron chi connectivity index (χ4n) is 1.52. The molecule has 8 heteroatoms. The van der Waals surface area contributed by atoms with Gasteiger partial charge in [0.05, 0.1) is 0 Å². The van der Waals surface area contributed by atoms with Gasteiger partial charge in [-0.2, -0.15) is 5.26 Å². The highest BCUT2D eigenvalue weighted by atomic mass is 32.2. The number of amides is 1. The van der Waals surface area contributed by atoms with E-state index in [0.717, 1.165) is 19.0 Å². The van der Waals surface area contributed by atoms with E-state index in [1.807, 2.05) is 6.07 Å². The van der Waals surface area contributed by atoms with Crippen LogP contribution in [0.2, 0.25) is 0 Å². The van der Waals surface area contributed by atoms with Crippen LogP contribution in [-0.4, -0.2) is 31.9 Å². The van der Waals surface area contributed by atoms with E-state index in [-0.39, 0.29) is 35.5 Å². The smallest absolute Gasteiger partial charge is 0.242 e. The Bertz CT molecular complexity index is 630. The normalized spacial score (nSPS) is 14.6. The van der Waals surface area contributed by atoms with Crippen molar-refractivity contribution in [3.05, 3.63) is 24.0 Å². The van der Waals surface area contributed by atoms with Crippen LogP contribution in [0.25, 0.3) is 0 Å². The van der Waals surface area contributed by atoms with Crippen molar-refractivity contribution in [1.29, 1.82) is 5.26 Å². The van der Waals surface area contributed by atoms with E-state index >= 15 is 0 Å². The van der Waals surface area contributed by atoms with Gasteiger partial charge >= 0.3 is 0 Å². The molecule has 1 aliphatic carbocycles. The molecule has 0 saturated heterocycles. The molecular formula is C12H14N4O3S. The lowest BCUT2D eigenvalue weighted by Crippen LogP contribution is -2.31. The van der Waals surface area contributed by atoms with Crippen molar-refractivity contribution in [2.75, 3.05) is 6.54 Å². The average Bonchev–Trinajstić information content (AvgIpc) is 3.22. The van der Waals surface area contributed by atoms with Gasteiger partial charge in [0, 0.05) is 25.2 Å². The second kappa shape index (κ2) is 5.98. The van der Waals surface area contributed by atoms with Crippen molar-refractivity contribution in [3.63, 3.8) is 0 Å². The number of nitrogens with one attached hydrogen (secondary N) is 2. The summed E-state index contributed by atoms with van der Waals surface area (Å²) < 4.78 is 26.1. The Kier molecular flexibility index (Phi) is 4.32. The summed E-state index contributed by atoms with van der Waals surface area (Å²) in [4.78, 5) is 15.1. The molecule has 0 spiro atoms. The second-order valence-electron chi connectivity index (χ2n) is 4.48. The highest BCUT2D eigenvalue weighted by Gasteiger charge is 2.23. The molecule has 1 aliphatic rings. The number of sulfonamides is 1. The van der Waals surface area contributed by atoms with Crippen molar-refractivity contribution >= 4 is 15.9 Å². The Labute approximate surface area is 117 Å². The van der Waals surface area contributed by atoms with E-state index in [0.29, 0.717) is 0 Å². The van der Waals surface area contributed by atoms with Gasteiger partial charge < -0.3 is 5.32 Å². The maximum atomic E-state index is 11.9. The van der Waals surface area contributed by atoms with E-state index in [2.05, 4.69) is 15.0 Å². The lowest BCUT2D eigenvalue weighted by Gasteiger charge is -2.06. The molecule has 2 rings (SSSR count). The molecule has 0 aliphatic heterocycles. The number of rotatable bonds is 6. The van der Waals surface area contributed by atoms with Crippen molar-refractivity contribution in [2.24, 2.45) is 0 Å². The van der Waals surface area contributed by atoms with Crippen LogP contribution in [-0.2, 0) is 14.8 Å². The van der Waals surface area contributed by atoms with Crippen LogP contribution >= 0.6 is 0 Å². The molecule has 1 aromatic heterocycles. The molecule has 0 aromatic carbocycles. The van der Waals surface area contributed by atoms with Gasteiger partial charge in [-0.05, 0) is 25.0 Å². The molecule has 0 unspecified atom stereocenters. The first-order chi connectivity index (χ1) is 9.51. The molecule has 7 nitrogen and oxygen atoms in total. The molecule has 1 fully saturated rings. The Morgan fingerprint density at radius 3 is 2.75 bits per heavy atom. The molecule has 0 atom stereocenters. The number of hydrogen-bond acceptors (Lipinski definition) is 5. The number of carbonyl (C=O) groups excluding carboxylic acids is 1. The Hall–Kier alpha value is -1.98. The summed E-state index contributed by atoms with van der Waals surface area (Å²) in [5, 5.41) is 11.4. The zero-order valence-electron chi connectivity index (χ0n) is 10.7. The standard InChI is InChI=1S/C12H14N4O3S/c13-7-10-3-4-11(8-14-10)20(18,19)15-6-5-12(17)16-9-1-2-9/h3-4,8-9,15H,1-2,5-6H2,(H,16,17). The minimum atomic E-state index is -3.70. The van der Waals surface area contributed by atoms with E-state index in [1.165, 1.54) is 12.1 Å². The molecule has 106 valence electrons. The van der Waals surface area contributed by atoms with Crippen LogP contribution in [0.3, 0.4) is 0 Å². The number of pyridine rings is 1. The summed E-state index contributed by atoms with van der Waals surface area (Å²) in [5.74, 6) is -0.159. The summed E-state index contributed by atoms with van der Waals surface area (Å²) in [6, 6.07) is 4.71. The van der Waals surface area contributed by atoms with Gasteiger partial charge in [0.25, 0.3) is 0 Å². The van der Waals surface area contributed by atoms with Gasteiger partial charge in [0.2, 0.25) is 15.9 Å². The SMILES string of the molecule is N#Cc1ccc(S(=O)(=O)NCCC(=O)NC2CC2)cn1. The van der Waals surface area contributed by atoms with Gasteiger partial charge in [-0.3, -0.25) is 4.79 Å². The van der Waals surface area contributed by atoms with Crippen LogP contribution in [0.15, 0.2) is 23.2 Å².